The largest absolute Gasteiger partial charge is 0.496 e. The van der Waals surface area contributed by atoms with E-state index in [1.807, 2.05) is 12.1 Å². The minimum atomic E-state index is -0.665. The molecule has 33 heavy (non-hydrogen) atoms. The Bertz CT molecular complexity index is 1330. The van der Waals surface area contributed by atoms with Gasteiger partial charge in [0, 0.05) is 6.07 Å². The van der Waals surface area contributed by atoms with E-state index in [2.05, 4.69) is 6.92 Å². The Morgan fingerprint density at radius 3 is 2.18 bits per heavy atom. The Morgan fingerprint density at radius 2 is 1.55 bits per heavy atom. The molecule has 0 radical (unpaired) electrons. The lowest BCUT2D eigenvalue weighted by atomic mass is 10.1. The van der Waals surface area contributed by atoms with E-state index in [-0.39, 0.29) is 28.1 Å². The second-order valence-electron chi connectivity index (χ2n) is 7.11. The number of ether oxygens (including phenoxy) is 4. The fourth-order valence-electron chi connectivity index (χ4n) is 3.36. The Hall–Kier alpha value is -4.26. The van der Waals surface area contributed by atoms with Crippen LogP contribution < -0.4 is 24.4 Å². The molecule has 0 saturated carbocycles. The van der Waals surface area contributed by atoms with Crippen molar-refractivity contribution >= 4 is 16.9 Å². The number of rotatable bonds is 7. The van der Waals surface area contributed by atoms with E-state index in [4.69, 9.17) is 23.4 Å². The third-order valence-corrected chi connectivity index (χ3v) is 5.12. The maximum atomic E-state index is 12.9. The molecule has 0 saturated heterocycles. The van der Waals surface area contributed by atoms with Gasteiger partial charge in [0.15, 0.2) is 0 Å². The Morgan fingerprint density at radius 1 is 0.879 bits per heavy atom. The molecule has 0 aliphatic heterocycles. The van der Waals surface area contributed by atoms with Crippen molar-refractivity contribution in [3.63, 3.8) is 0 Å². The molecule has 0 aliphatic rings. The first-order valence-electron chi connectivity index (χ1n) is 10.3. The molecule has 7 heteroatoms. The molecule has 0 amide bonds. The minimum absolute atomic E-state index is 0.0650. The van der Waals surface area contributed by atoms with Crippen LogP contribution in [0.3, 0.4) is 0 Å². The van der Waals surface area contributed by atoms with Gasteiger partial charge >= 0.3 is 5.97 Å². The number of methoxy groups -OCH3 is 2. The standard InChI is InChI=1S/C26H22O7/c1-4-16-8-10-17(11-9-16)32-23-15-31-22-14-18(12-13-19(22)25(23)27)33-26(28)24-20(29-2)6-5-7-21(24)30-3/h5-15H,4H2,1-3H3. The molecule has 0 unspecified atom stereocenters. The third kappa shape index (κ3) is 4.52. The van der Waals surface area contributed by atoms with Gasteiger partial charge in [-0.3, -0.25) is 4.79 Å². The van der Waals surface area contributed by atoms with Gasteiger partial charge in [0.1, 0.15) is 40.4 Å². The summed E-state index contributed by atoms with van der Waals surface area (Å²) in [5.41, 5.74) is 1.24. The van der Waals surface area contributed by atoms with Gasteiger partial charge in [0.05, 0.1) is 19.6 Å². The molecule has 7 nitrogen and oxygen atoms in total. The summed E-state index contributed by atoms with van der Waals surface area (Å²) < 4.78 is 27.3. The number of fused-ring (bicyclic) bond motifs is 1. The normalized spacial score (nSPS) is 10.6. The molecule has 1 aromatic heterocycles. The highest BCUT2D eigenvalue weighted by Gasteiger charge is 2.21. The van der Waals surface area contributed by atoms with Crippen molar-refractivity contribution in [3.05, 3.63) is 88.3 Å². The van der Waals surface area contributed by atoms with Crippen LogP contribution in [0, 0.1) is 0 Å². The van der Waals surface area contributed by atoms with Crippen molar-refractivity contribution in [2.45, 2.75) is 13.3 Å². The first kappa shape index (κ1) is 22.0. The lowest BCUT2D eigenvalue weighted by molar-refractivity contribution is 0.0727. The summed E-state index contributed by atoms with van der Waals surface area (Å²) in [5.74, 6) is 0.778. The van der Waals surface area contributed by atoms with E-state index in [9.17, 15) is 9.59 Å². The van der Waals surface area contributed by atoms with Crippen molar-refractivity contribution in [1.29, 1.82) is 0 Å². The van der Waals surface area contributed by atoms with E-state index >= 15 is 0 Å². The van der Waals surface area contributed by atoms with Gasteiger partial charge in [-0.25, -0.2) is 4.79 Å². The molecule has 0 aliphatic carbocycles. The fraction of sp³-hybridized carbons (Fsp3) is 0.154. The summed E-state index contributed by atoms with van der Waals surface area (Å²) in [6.07, 6.45) is 2.16. The van der Waals surface area contributed by atoms with Gasteiger partial charge < -0.3 is 23.4 Å². The zero-order chi connectivity index (χ0) is 23.4. The molecular weight excluding hydrogens is 424 g/mol. The summed E-state index contributed by atoms with van der Waals surface area (Å²) in [4.78, 5) is 25.6. The quantitative estimate of drug-likeness (QED) is 0.278. The number of carbonyl (C=O) groups excluding carboxylic acids is 1. The summed E-state index contributed by atoms with van der Waals surface area (Å²) in [6, 6.07) is 17.0. The van der Waals surface area contributed by atoms with E-state index < -0.39 is 5.97 Å². The monoisotopic (exact) mass is 446 g/mol. The van der Waals surface area contributed by atoms with Crippen molar-refractivity contribution in [2.75, 3.05) is 14.2 Å². The third-order valence-electron chi connectivity index (χ3n) is 5.12. The number of aryl methyl sites for hydroxylation is 1. The summed E-state index contributed by atoms with van der Waals surface area (Å²) in [7, 11) is 2.90. The van der Waals surface area contributed by atoms with Crippen LogP contribution in [0.1, 0.15) is 22.8 Å². The highest BCUT2D eigenvalue weighted by Crippen LogP contribution is 2.30. The van der Waals surface area contributed by atoms with Crippen molar-refractivity contribution in [2.24, 2.45) is 0 Å². The number of hydrogen-bond acceptors (Lipinski definition) is 7. The smallest absolute Gasteiger partial charge is 0.351 e. The molecular formula is C26H22O7. The van der Waals surface area contributed by atoms with Gasteiger partial charge in [0.25, 0.3) is 0 Å². The van der Waals surface area contributed by atoms with Gasteiger partial charge in [-0.1, -0.05) is 25.1 Å². The molecule has 0 bridgehead atoms. The fourth-order valence-corrected chi connectivity index (χ4v) is 3.36. The number of hydrogen-bond donors (Lipinski definition) is 0. The first-order chi connectivity index (χ1) is 16.0. The minimum Gasteiger partial charge on any atom is -0.496 e. The maximum Gasteiger partial charge on any atom is 0.351 e. The lowest BCUT2D eigenvalue weighted by Gasteiger charge is -2.12. The summed E-state index contributed by atoms with van der Waals surface area (Å²) in [6.45, 7) is 2.06. The topological polar surface area (TPSA) is 84.2 Å². The number of benzene rings is 3. The lowest BCUT2D eigenvalue weighted by Crippen LogP contribution is -2.12. The van der Waals surface area contributed by atoms with Crippen LogP contribution in [-0.4, -0.2) is 20.2 Å². The molecule has 1 heterocycles. The Kier molecular flexibility index (Phi) is 6.31. The zero-order valence-corrected chi connectivity index (χ0v) is 18.4. The molecule has 4 rings (SSSR count). The molecule has 0 N–H and O–H groups in total. The predicted octanol–water partition coefficient (Wildman–Crippen LogP) is 5.38. The maximum absolute atomic E-state index is 12.9. The second-order valence-corrected chi connectivity index (χ2v) is 7.11. The number of esters is 1. The van der Waals surface area contributed by atoms with Crippen molar-refractivity contribution < 1.29 is 28.2 Å². The molecule has 4 aromatic rings. The van der Waals surface area contributed by atoms with Crippen molar-refractivity contribution in [1.82, 2.24) is 0 Å². The van der Waals surface area contributed by atoms with Crippen LogP contribution in [0.5, 0.6) is 28.7 Å². The van der Waals surface area contributed by atoms with Crippen LogP contribution in [0.15, 0.2) is 76.1 Å². The van der Waals surface area contributed by atoms with E-state index in [0.29, 0.717) is 22.6 Å². The number of carbonyl (C=O) groups is 1. The Labute approximate surface area is 190 Å². The summed E-state index contributed by atoms with van der Waals surface area (Å²) >= 11 is 0. The first-order valence-corrected chi connectivity index (χ1v) is 10.3. The van der Waals surface area contributed by atoms with Gasteiger partial charge in [-0.05, 0) is 48.4 Å². The van der Waals surface area contributed by atoms with E-state index in [0.717, 1.165) is 6.42 Å². The van der Waals surface area contributed by atoms with Crippen LogP contribution in [0.4, 0.5) is 0 Å². The average molecular weight is 446 g/mol. The molecule has 3 aromatic carbocycles. The highest BCUT2D eigenvalue weighted by molar-refractivity contribution is 5.97. The second kappa shape index (κ2) is 9.48. The molecule has 168 valence electrons. The zero-order valence-electron chi connectivity index (χ0n) is 18.4. The average Bonchev–Trinajstić information content (AvgIpc) is 2.85. The van der Waals surface area contributed by atoms with Crippen LogP contribution >= 0.6 is 0 Å². The van der Waals surface area contributed by atoms with Crippen LogP contribution in [-0.2, 0) is 6.42 Å². The predicted molar refractivity (Wildman–Crippen MR) is 123 cm³/mol. The Balaban J connectivity index is 1.60. The van der Waals surface area contributed by atoms with Gasteiger partial charge in [-0.2, -0.15) is 0 Å². The highest BCUT2D eigenvalue weighted by atomic mass is 16.5. The van der Waals surface area contributed by atoms with E-state index in [1.165, 1.54) is 44.2 Å². The van der Waals surface area contributed by atoms with Crippen LogP contribution in [0.25, 0.3) is 11.0 Å². The van der Waals surface area contributed by atoms with E-state index in [1.54, 1.807) is 30.3 Å². The molecule has 0 spiro atoms. The summed E-state index contributed by atoms with van der Waals surface area (Å²) in [5, 5.41) is 0.298. The molecule has 0 fully saturated rings. The SMILES string of the molecule is CCc1ccc(Oc2coc3cc(OC(=O)c4c(OC)cccc4OC)ccc3c2=O)cc1. The van der Waals surface area contributed by atoms with Crippen LogP contribution in [0.2, 0.25) is 0 Å². The van der Waals surface area contributed by atoms with Gasteiger partial charge in [-0.15, -0.1) is 0 Å². The van der Waals surface area contributed by atoms with Gasteiger partial charge in [0.2, 0.25) is 11.2 Å². The van der Waals surface area contributed by atoms with Crippen molar-refractivity contribution in [3.8, 4) is 28.7 Å². The molecule has 0 atom stereocenters.